The van der Waals surface area contributed by atoms with Crippen molar-refractivity contribution in [3.63, 3.8) is 0 Å². The highest BCUT2D eigenvalue weighted by Crippen LogP contribution is 2.37. The molecule has 0 radical (unpaired) electrons. The van der Waals surface area contributed by atoms with E-state index in [4.69, 9.17) is 19.4 Å². The van der Waals surface area contributed by atoms with Crippen LogP contribution in [0.4, 0.5) is 0 Å². The first-order valence-electron chi connectivity index (χ1n) is 5.14. The maximum Gasteiger partial charge on any atom is 0.231 e. The van der Waals surface area contributed by atoms with Crippen LogP contribution in [0.1, 0.15) is 5.56 Å². The Bertz CT molecular complexity index is 449. The Morgan fingerprint density at radius 2 is 2.17 bits per heavy atom. The van der Waals surface area contributed by atoms with Crippen molar-refractivity contribution in [2.75, 3.05) is 13.4 Å². The lowest BCUT2D eigenvalue weighted by Crippen LogP contribution is -2.00. The number of hydrogen-bond donors (Lipinski definition) is 1. The van der Waals surface area contributed by atoms with Crippen LogP contribution in [0.5, 0.6) is 11.5 Å². The van der Waals surface area contributed by atoms with Crippen LogP contribution in [-0.2, 0) is 11.3 Å². The summed E-state index contributed by atoms with van der Waals surface area (Å²) >= 11 is 3.41. The molecule has 98 valence electrons. The Morgan fingerprint density at radius 1 is 1.44 bits per heavy atom. The fourth-order valence-corrected chi connectivity index (χ4v) is 1.88. The molecule has 1 aliphatic rings. The molecule has 0 aliphatic carbocycles. The minimum Gasteiger partial charge on any atom is -0.734 e. The summed E-state index contributed by atoms with van der Waals surface area (Å²) in [5.74, 6) is 1.39. The molecule has 0 unspecified atom stereocenters. The first-order chi connectivity index (χ1) is 8.66. The first kappa shape index (κ1) is 13.2. The van der Waals surface area contributed by atoms with E-state index in [1.165, 1.54) is 6.08 Å². The smallest absolute Gasteiger partial charge is 0.231 e. The predicted molar refractivity (Wildman–Crippen MR) is 66.1 cm³/mol. The van der Waals surface area contributed by atoms with Crippen molar-refractivity contribution in [3.8, 4) is 11.5 Å². The predicted octanol–water partition coefficient (Wildman–Crippen LogP) is 2.40. The molecule has 0 aromatic heterocycles. The van der Waals surface area contributed by atoms with Crippen LogP contribution in [0.3, 0.4) is 0 Å². The third-order valence-electron chi connectivity index (χ3n) is 2.25. The van der Waals surface area contributed by atoms with Crippen molar-refractivity contribution >= 4 is 15.9 Å². The van der Waals surface area contributed by atoms with E-state index < -0.39 is 0 Å². The Labute approximate surface area is 112 Å². The highest BCUT2D eigenvalue weighted by Gasteiger charge is 2.16. The van der Waals surface area contributed by atoms with Crippen LogP contribution in [-0.4, -0.2) is 23.8 Å². The van der Waals surface area contributed by atoms with Gasteiger partial charge in [-0.1, -0.05) is 15.9 Å². The molecule has 0 bridgehead atoms. The van der Waals surface area contributed by atoms with Gasteiger partial charge in [0.15, 0.2) is 11.5 Å². The molecule has 0 amide bonds. The second-order valence-corrected chi connectivity index (χ2v) is 4.35. The zero-order chi connectivity index (χ0) is 13.0. The third kappa shape index (κ3) is 3.36. The van der Waals surface area contributed by atoms with Crippen LogP contribution >= 0.6 is 15.9 Å². The van der Waals surface area contributed by atoms with Gasteiger partial charge in [0.2, 0.25) is 6.79 Å². The number of ether oxygens (including phenoxy) is 3. The molecule has 1 aromatic rings. The number of nitrogens with zero attached hydrogens (tertiary/aromatic N) is 1. The number of benzene rings is 1. The molecule has 1 aromatic carbocycles. The summed E-state index contributed by atoms with van der Waals surface area (Å²) in [6, 6.07) is 3.66. The normalized spacial score (nSPS) is 13.3. The lowest BCUT2D eigenvalue weighted by Gasteiger charge is -2.14. The Morgan fingerprint density at radius 3 is 2.89 bits per heavy atom. The van der Waals surface area contributed by atoms with Crippen molar-refractivity contribution in [2.45, 2.75) is 6.61 Å². The van der Waals surface area contributed by atoms with E-state index in [2.05, 4.69) is 15.9 Å². The highest BCUT2D eigenvalue weighted by atomic mass is 79.9. The summed E-state index contributed by atoms with van der Waals surface area (Å²) in [7, 11) is 0. The molecular formula is C11H11BrNO5-. The molecule has 0 saturated carbocycles. The van der Waals surface area contributed by atoms with Gasteiger partial charge in [-0.3, -0.25) is 5.21 Å². The van der Waals surface area contributed by atoms with Crippen molar-refractivity contribution in [3.05, 3.63) is 39.7 Å². The summed E-state index contributed by atoms with van der Waals surface area (Å²) in [5, 5.41) is 18.2. The minimum absolute atomic E-state index is 0.222. The summed E-state index contributed by atoms with van der Waals surface area (Å²) in [6.45, 7) is 0.802. The molecule has 7 heteroatoms. The first-order valence-corrected chi connectivity index (χ1v) is 5.94. The van der Waals surface area contributed by atoms with Gasteiger partial charge in [0.25, 0.3) is 0 Å². The van der Waals surface area contributed by atoms with Gasteiger partial charge in [0.05, 0.1) is 13.2 Å². The molecule has 0 fully saturated rings. The van der Waals surface area contributed by atoms with Gasteiger partial charge in [-0.2, -0.15) is 0 Å². The summed E-state index contributed by atoms with van der Waals surface area (Å²) in [4.78, 5) is 0. The van der Waals surface area contributed by atoms with Crippen LogP contribution in [0.15, 0.2) is 28.9 Å². The Balaban J connectivity index is 1.90. The summed E-state index contributed by atoms with van der Waals surface area (Å²) < 4.78 is 16.7. The minimum atomic E-state index is -0.278. The van der Waals surface area contributed by atoms with Gasteiger partial charge in [-0.05, 0) is 23.8 Å². The van der Waals surface area contributed by atoms with Gasteiger partial charge in [0, 0.05) is 10.7 Å². The quantitative estimate of drug-likeness (QED) is 0.664. The molecular weight excluding hydrogens is 306 g/mol. The lowest BCUT2D eigenvalue weighted by atomic mass is 10.2. The van der Waals surface area contributed by atoms with Crippen LogP contribution in [0.2, 0.25) is 0 Å². The Hall–Kier alpha value is -1.28. The molecule has 6 nitrogen and oxygen atoms in total. The fraction of sp³-hybridized carbons (Fsp3) is 0.273. The molecule has 2 rings (SSSR count). The molecule has 0 saturated heterocycles. The van der Waals surface area contributed by atoms with Gasteiger partial charge >= 0.3 is 0 Å². The van der Waals surface area contributed by atoms with E-state index in [1.54, 1.807) is 0 Å². The molecule has 1 N–H and O–H groups in total. The molecule has 1 aliphatic heterocycles. The zero-order valence-electron chi connectivity index (χ0n) is 9.34. The van der Waals surface area contributed by atoms with Crippen molar-refractivity contribution in [2.24, 2.45) is 0 Å². The monoisotopic (exact) mass is 316 g/mol. The molecule has 0 atom stereocenters. The summed E-state index contributed by atoms with van der Waals surface area (Å²) in [6.07, 6.45) is 2.38. The molecule has 18 heavy (non-hydrogen) atoms. The SMILES string of the molecule is [O-]N(O)/C=C/COCc1cc2c(cc1Br)OCO2. The average molecular weight is 317 g/mol. The second-order valence-electron chi connectivity index (χ2n) is 3.50. The van der Waals surface area contributed by atoms with Crippen LogP contribution in [0, 0.1) is 5.21 Å². The largest absolute Gasteiger partial charge is 0.734 e. The fourth-order valence-electron chi connectivity index (χ4n) is 1.44. The summed E-state index contributed by atoms with van der Waals surface area (Å²) in [5.41, 5.74) is 0.913. The van der Waals surface area contributed by atoms with Gasteiger partial charge in [-0.15, -0.1) is 0 Å². The van der Waals surface area contributed by atoms with Crippen LogP contribution in [0.25, 0.3) is 0 Å². The number of hydrogen-bond acceptors (Lipinski definition) is 6. The molecule has 0 spiro atoms. The van der Waals surface area contributed by atoms with Gasteiger partial charge < -0.3 is 24.6 Å². The standard InChI is InChI=1S/C11H11BrNO5/c12-9-5-11-10(17-7-18-11)4-8(9)6-16-3-1-2-13(14)15/h1-2,4-5,14H,3,6-7H2/q-1/b2-1+. The van der Waals surface area contributed by atoms with Crippen LogP contribution < -0.4 is 9.47 Å². The number of fused-ring (bicyclic) bond motifs is 1. The van der Waals surface area contributed by atoms with Gasteiger partial charge in [0.1, 0.15) is 0 Å². The second kappa shape index (κ2) is 6.05. The van der Waals surface area contributed by atoms with E-state index >= 15 is 0 Å². The average Bonchev–Trinajstić information content (AvgIpc) is 2.75. The maximum absolute atomic E-state index is 10.2. The maximum atomic E-state index is 10.2. The highest BCUT2D eigenvalue weighted by molar-refractivity contribution is 9.10. The van der Waals surface area contributed by atoms with E-state index in [1.807, 2.05) is 12.1 Å². The zero-order valence-corrected chi connectivity index (χ0v) is 10.9. The van der Waals surface area contributed by atoms with E-state index in [0.29, 0.717) is 18.1 Å². The van der Waals surface area contributed by atoms with Gasteiger partial charge in [-0.25, -0.2) is 0 Å². The van der Waals surface area contributed by atoms with E-state index in [9.17, 15) is 5.21 Å². The topological polar surface area (TPSA) is 74.2 Å². The third-order valence-corrected chi connectivity index (χ3v) is 2.98. The van der Waals surface area contributed by atoms with Crippen molar-refractivity contribution in [1.82, 2.24) is 5.23 Å². The lowest BCUT2D eigenvalue weighted by molar-refractivity contribution is 0.0107. The Kier molecular flexibility index (Phi) is 4.43. The number of hydroxylamine groups is 2. The molecule has 1 heterocycles. The van der Waals surface area contributed by atoms with E-state index in [-0.39, 0.29) is 18.6 Å². The van der Waals surface area contributed by atoms with Crippen molar-refractivity contribution in [1.29, 1.82) is 0 Å². The number of halogens is 1. The van der Waals surface area contributed by atoms with Crippen molar-refractivity contribution < 1.29 is 19.4 Å². The number of rotatable bonds is 5. The van der Waals surface area contributed by atoms with E-state index in [0.717, 1.165) is 16.2 Å².